The lowest BCUT2D eigenvalue weighted by molar-refractivity contribution is 0.217. The fourth-order valence-electron chi connectivity index (χ4n) is 3.52. The second-order valence-electron chi connectivity index (χ2n) is 7.27. The molecule has 0 unspecified atom stereocenters. The van der Waals surface area contributed by atoms with Gasteiger partial charge in [0.2, 0.25) is 0 Å². The highest BCUT2D eigenvalue weighted by molar-refractivity contribution is 6.02. The van der Waals surface area contributed by atoms with Crippen molar-refractivity contribution in [2.75, 3.05) is 26.3 Å². The first-order chi connectivity index (χ1) is 14.9. The first kappa shape index (κ1) is 20.0. The molecule has 0 bridgehead atoms. The van der Waals surface area contributed by atoms with E-state index in [9.17, 15) is 0 Å². The third kappa shape index (κ3) is 5.41. The fourth-order valence-corrected chi connectivity index (χ4v) is 3.52. The zero-order valence-electron chi connectivity index (χ0n) is 17.2. The van der Waals surface area contributed by atoms with Crippen LogP contribution in [0.5, 0.6) is 11.5 Å². The summed E-state index contributed by atoms with van der Waals surface area (Å²) in [6, 6.07) is 17.8. The second-order valence-corrected chi connectivity index (χ2v) is 7.27. The first-order valence-electron chi connectivity index (χ1n) is 10.6. The zero-order chi connectivity index (χ0) is 20.4. The molecule has 156 valence electrons. The molecule has 1 fully saturated rings. The van der Waals surface area contributed by atoms with Crippen LogP contribution in [-0.4, -0.2) is 46.7 Å². The van der Waals surface area contributed by atoms with Crippen LogP contribution in [0.15, 0.2) is 78.4 Å². The Hall–Kier alpha value is -3.28. The van der Waals surface area contributed by atoms with E-state index in [-0.39, 0.29) is 0 Å². The van der Waals surface area contributed by atoms with Gasteiger partial charge in [0, 0.05) is 25.5 Å². The van der Waals surface area contributed by atoms with Gasteiger partial charge in [-0.2, -0.15) is 5.10 Å². The zero-order valence-corrected chi connectivity index (χ0v) is 17.2. The summed E-state index contributed by atoms with van der Waals surface area (Å²) in [4.78, 5) is 4.22. The van der Waals surface area contributed by atoms with Gasteiger partial charge in [-0.3, -0.25) is 9.58 Å². The quantitative estimate of drug-likeness (QED) is 0.332. The number of para-hydroxylation sites is 2. The van der Waals surface area contributed by atoms with Crippen LogP contribution in [0.3, 0.4) is 0 Å². The van der Waals surface area contributed by atoms with Crippen molar-refractivity contribution in [3.63, 3.8) is 0 Å². The van der Waals surface area contributed by atoms with Gasteiger partial charge in [0.1, 0.15) is 31.0 Å². The SMILES string of the molecule is c1ccc(OCCOc2ccccc2C(=NN2CCCCCC2)n2ccnc2)cc1. The molecule has 2 heterocycles. The van der Waals surface area contributed by atoms with Crippen LogP contribution >= 0.6 is 0 Å². The molecule has 1 aliphatic heterocycles. The average Bonchev–Trinajstić information content (AvgIpc) is 3.20. The standard InChI is InChI=1S/C24H28N4O2/c1-2-9-16-28(15-8-1)26-24(27-17-14-25-20-27)22-12-6-7-13-23(22)30-19-18-29-21-10-4-3-5-11-21/h3-7,10-14,17,20H,1-2,8-9,15-16,18-19H2. The van der Waals surface area contributed by atoms with E-state index in [1.165, 1.54) is 25.7 Å². The summed E-state index contributed by atoms with van der Waals surface area (Å²) < 4.78 is 13.8. The molecule has 1 aliphatic rings. The maximum Gasteiger partial charge on any atom is 0.169 e. The Morgan fingerprint density at radius 3 is 2.37 bits per heavy atom. The number of rotatable bonds is 7. The molecule has 0 radical (unpaired) electrons. The minimum atomic E-state index is 0.451. The average molecular weight is 405 g/mol. The molecule has 0 N–H and O–H groups in total. The number of hydrogen-bond acceptors (Lipinski definition) is 5. The predicted molar refractivity (Wildman–Crippen MR) is 118 cm³/mol. The number of ether oxygens (including phenoxy) is 2. The number of benzene rings is 2. The van der Waals surface area contributed by atoms with Crippen molar-refractivity contribution in [3.8, 4) is 11.5 Å². The first-order valence-corrected chi connectivity index (χ1v) is 10.6. The fraction of sp³-hybridized carbons (Fsp3) is 0.333. The van der Waals surface area contributed by atoms with Gasteiger partial charge in [-0.1, -0.05) is 43.2 Å². The van der Waals surface area contributed by atoms with Crippen LogP contribution in [0.2, 0.25) is 0 Å². The molecule has 0 spiro atoms. The smallest absolute Gasteiger partial charge is 0.169 e. The molecular weight excluding hydrogens is 376 g/mol. The number of hydrogen-bond donors (Lipinski definition) is 0. The molecule has 3 aromatic rings. The van der Waals surface area contributed by atoms with E-state index in [1.807, 2.05) is 65.4 Å². The summed E-state index contributed by atoms with van der Waals surface area (Å²) in [6.45, 7) is 2.88. The van der Waals surface area contributed by atoms with E-state index < -0.39 is 0 Å². The molecule has 6 heteroatoms. The Bertz CT molecular complexity index is 917. The Balaban J connectivity index is 1.51. The van der Waals surface area contributed by atoms with Crippen molar-refractivity contribution in [3.05, 3.63) is 78.9 Å². The lowest BCUT2D eigenvalue weighted by atomic mass is 10.2. The normalized spacial score (nSPS) is 14.9. The molecule has 0 saturated carbocycles. The van der Waals surface area contributed by atoms with Crippen LogP contribution < -0.4 is 9.47 Å². The maximum atomic E-state index is 6.09. The lowest BCUT2D eigenvalue weighted by Crippen LogP contribution is -2.24. The van der Waals surface area contributed by atoms with Crippen molar-refractivity contribution in [1.82, 2.24) is 14.6 Å². The van der Waals surface area contributed by atoms with Crippen molar-refractivity contribution in [2.24, 2.45) is 5.10 Å². The molecule has 0 aliphatic carbocycles. The minimum Gasteiger partial charge on any atom is -0.490 e. The molecular formula is C24H28N4O2. The molecule has 30 heavy (non-hydrogen) atoms. The van der Waals surface area contributed by atoms with E-state index in [4.69, 9.17) is 14.6 Å². The molecule has 0 amide bonds. The molecule has 6 nitrogen and oxygen atoms in total. The summed E-state index contributed by atoms with van der Waals surface area (Å²) in [5, 5.41) is 7.18. The second kappa shape index (κ2) is 10.5. The molecule has 2 aromatic carbocycles. The van der Waals surface area contributed by atoms with Crippen molar-refractivity contribution in [2.45, 2.75) is 25.7 Å². The van der Waals surface area contributed by atoms with Gasteiger partial charge in [-0.25, -0.2) is 4.98 Å². The largest absolute Gasteiger partial charge is 0.490 e. The monoisotopic (exact) mass is 404 g/mol. The number of hydrazone groups is 1. The Morgan fingerprint density at radius 2 is 1.60 bits per heavy atom. The van der Waals surface area contributed by atoms with E-state index in [0.29, 0.717) is 13.2 Å². The van der Waals surface area contributed by atoms with Gasteiger partial charge < -0.3 is 9.47 Å². The topological polar surface area (TPSA) is 51.9 Å². The van der Waals surface area contributed by atoms with Crippen LogP contribution in [0, 0.1) is 0 Å². The maximum absolute atomic E-state index is 6.09. The lowest BCUT2D eigenvalue weighted by Gasteiger charge is -2.20. The number of nitrogens with zero attached hydrogens (tertiary/aromatic N) is 4. The highest BCUT2D eigenvalue weighted by Crippen LogP contribution is 2.21. The van der Waals surface area contributed by atoms with Crippen LogP contribution in [0.25, 0.3) is 0 Å². The third-order valence-electron chi connectivity index (χ3n) is 5.05. The van der Waals surface area contributed by atoms with E-state index in [1.54, 1.807) is 12.5 Å². The summed E-state index contributed by atoms with van der Waals surface area (Å²) in [5.74, 6) is 2.46. The van der Waals surface area contributed by atoms with Crippen molar-refractivity contribution < 1.29 is 9.47 Å². The third-order valence-corrected chi connectivity index (χ3v) is 5.05. The minimum absolute atomic E-state index is 0.451. The predicted octanol–water partition coefficient (Wildman–Crippen LogP) is 4.43. The van der Waals surface area contributed by atoms with E-state index in [0.717, 1.165) is 36.0 Å². The van der Waals surface area contributed by atoms with Crippen LogP contribution in [-0.2, 0) is 0 Å². The van der Waals surface area contributed by atoms with Gasteiger partial charge in [0.15, 0.2) is 5.84 Å². The van der Waals surface area contributed by atoms with Gasteiger partial charge in [0.05, 0.1) is 5.56 Å². The Kier molecular flexibility index (Phi) is 6.99. The molecule has 1 saturated heterocycles. The molecule has 1 aromatic heterocycles. The van der Waals surface area contributed by atoms with E-state index >= 15 is 0 Å². The number of aromatic nitrogens is 2. The van der Waals surface area contributed by atoms with Gasteiger partial charge in [-0.15, -0.1) is 0 Å². The molecule has 4 rings (SSSR count). The van der Waals surface area contributed by atoms with Gasteiger partial charge in [-0.05, 0) is 37.1 Å². The van der Waals surface area contributed by atoms with Crippen LogP contribution in [0.1, 0.15) is 31.2 Å². The van der Waals surface area contributed by atoms with Crippen molar-refractivity contribution >= 4 is 5.84 Å². The summed E-state index contributed by atoms with van der Waals surface area (Å²) in [6.07, 6.45) is 10.4. The summed E-state index contributed by atoms with van der Waals surface area (Å²) >= 11 is 0. The molecule has 0 atom stereocenters. The van der Waals surface area contributed by atoms with E-state index in [2.05, 4.69) is 9.99 Å². The highest BCUT2D eigenvalue weighted by Gasteiger charge is 2.15. The summed E-state index contributed by atoms with van der Waals surface area (Å²) in [5.41, 5.74) is 0.944. The Morgan fingerprint density at radius 1 is 0.867 bits per heavy atom. The van der Waals surface area contributed by atoms with Gasteiger partial charge >= 0.3 is 0 Å². The highest BCUT2D eigenvalue weighted by atomic mass is 16.5. The Labute approximate surface area is 177 Å². The van der Waals surface area contributed by atoms with Crippen LogP contribution in [0.4, 0.5) is 0 Å². The summed E-state index contributed by atoms with van der Waals surface area (Å²) in [7, 11) is 0. The van der Waals surface area contributed by atoms with Crippen molar-refractivity contribution in [1.29, 1.82) is 0 Å². The number of imidazole rings is 1. The van der Waals surface area contributed by atoms with Gasteiger partial charge in [0.25, 0.3) is 0 Å².